The second kappa shape index (κ2) is 9.65. The van der Waals surface area contributed by atoms with Crippen molar-refractivity contribution < 1.29 is 19.0 Å². The second-order valence-electron chi connectivity index (χ2n) is 5.55. The van der Waals surface area contributed by atoms with E-state index in [1.807, 2.05) is 36.4 Å². The lowest BCUT2D eigenvalue weighted by molar-refractivity contribution is 0.118. The highest BCUT2D eigenvalue weighted by Gasteiger charge is 2.13. The van der Waals surface area contributed by atoms with Crippen LogP contribution >= 0.6 is 0 Å². The third-order valence-corrected chi connectivity index (χ3v) is 3.65. The summed E-state index contributed by atoms with van der Waals surface area (Å²) < 4.78 is 16.0. The van der Waals surface area contributed by atoms with Gasteiger partial charge in [0.15, 0.2) is 0 Å². The van der Waals surface area contributed by atoms with Crippen LogP contribution in [0.3, 0.4) is 0 Å². The molecular weight excluding hydrogens is 306 g/mol. The summed E-state index contributed by atoms with van der Waals surface area (Å²) in [6.45, 7) is 3.28. The van der Waals surface area contributed by atoms with E-state index in [-0.39, 0.29) is 6.10 Å². The number of benzene rings is 1. The maximum absolute atomic E-state index is 11.8. The van der Waals surface area contributed by atoms with Gasteiger partial charge in [0.2, 0.25) is 0 Å². The minimum absolute atomic E-state index is 0.252. The summed E-state index contributed by atoms with van der Waals surface area (Å²) in [6.07, 6.45) is 7.63. The lowest BCUT2D eigenvalue weighted by atomic mass is 10.1. The van der Waals surface area contributed by atoms with Crippen LogP contribution in [0.1, 0.15) is 31.7 Å². The van der Waals surface area contributed by atoms with Gasteiger partial charge in [-0.1, -0.05) is 25.5 Å². The van der Waals surface area contributed by atoms with E-state index in [2.05, 4.69) is 12.2 Å². The zero-order valence-electron chi connectivity index (χ0n) is 14.3. The molecule has 1 aromatic carbocycles. The highest BCUT2D eigenvalue weighted by molar-refractivity contribution is 5.67. The molecule has 1 aliphatic rings. The topological polar surface area (TPSA) is 56.8 Å². The van der Waals surface area contributed by atoms with Crippen molar-refractivity contribution in [2.45, 2.75) is 38.8 Å². The Morgan fingerprint density at radius 1 is 1.29 bits per heavy atom. The van der Waals surface area contributed by atoms with Gasteiger partial charge in [-0.2, -0.15) is 0 Å². The number of hydrogen-bond donors (Lipinski definition) is 1. The molecule has 0 aliphatic heterocycles. The molecule has 0 spiro atoms. The summed E-state index contributed by atoms with van der Waals surface area (Å²) in [4.78, 5) is 11.8. The number of alkyl carbamates (subject to hydrolysis) is 1. The van der Waals surface area contributed by atoms with E-state index in [1.54, 1.807) is 13.2 Å². The lowest BCUT2D eigenvalue weighted by Gasteiger charge is -2.17. The van der Waals surface area contributed by atoms with Crippen LogP contribution in [0.2, 0.25) is 0 Å². The van der Waals surface area contributed by atoms with Crippen LogP contribution in [0.4, 0.5) is 4.79 Å². The minimum Gasteiger partial charge on any atom is -0.497 e. The van der Waals surface area contributed by atoms with E-state index in [0.29, 0.717) is 13.0 Å². The van der Waals surface area contributed by atoms with Crippen molar-refractivity contribution in [1.29, 1.82) is 0 Å². The number of hydrogen-bond acceptors (Lipinski definition) is 4. The predicted molar refractivity (Wildman–Crippen MR) is 92.8 cm³/mol. The van der Waals surface area contributed by atoms with Gasteiger partial charge >= 0.3 is 6.09 Å². The van der Waals surface area contributed by atoms with Crippen LogP contribution in [0.15, 0.2) is 48.3 Å². The van der Waals surface area contributed by atoms with Crippen LogP contribution in [-0.4, -0.2) is 25.9 Å². The molecule has 0 bridgehead atoms. The van der Waals surface area contributed by atoms with E-state index in [4.69, 9.17) is 14.2 Å². The Morgan fingerprint density at radius 2 is 2.08 bits per heavy atom. The van der Waals surface area contributed by atoms with Crippen LogP contribution < -0.4 is 10.1 Å². The summed E-state index contributed by atoms with van der Waals surface area (Å²) in [5.74, 6) is 1.64. The molecule has 1 aliphatic carbocycles. The first-order chi connectivity index (χ1) is 11.7. The van der Waals surface area contributed by atoms with E-state index in [1.165, 1.54) is 0 Å². The molecule has 2 rings (SSSR count). The van der Waals surface area contributed by atoms with Crippen molar-refractivity contribution >= 4 is 6.09 Å². The Morgan fingerprint density at radius 3 is 2.71 bits per heavy atom. The van der Waals surface area contributed by atoms with Crippen molar-refractivity contribution in [3.05, 3.63) is 53.8 Å². The Hall–Kier alpha value is -2.43. The number of ether oxygens (including phenoxy) is 3. The van der Waals surface area contributed by atoms with Crippen molar-refractivity contribution in [1.82, 2.24) is 5.32 Å². The molecule has 1 unspecified atom stereocenters. The molecule has 0 aromatic heterocycles. The van der Waals surface area contributed by atoms with Gasteiger partial charge in [0.05, 0.1) is 13.7 Å². The van der Waals surface area contributed by atoms with E-state index >= 15 is 0 Å². The van der Waals surface area contributed by atoms with Gasteiger partial charge < -0.3 is 19.5 Å². The highest BCUT2D eigenvalue weighted by Crippen LogP contribution is 2.15. The number of methoxy groups -OCH3 is 1. The van der Waals surface area contributed by atoms with Crippen LogP contribution in [0, 0.1) is 0 Å². The lowest BCUT2D eigenvalue weighted by Crippen LogP contribution is -2.28. The first-order valence-corrected chi connectivity index (χ1v) is 8.30. The fraction of sp³-hybridized carbons (Fsp3) is 0.421. The van der Waals surface area contributed by atoms with Crippen LogP contribution in [0.25, 0.3) is 0 Å². The number of carbonyl (C=O) groups excluding carboxylic acids is 1. The third-order valence-electron chi connectivity index (χ3n) is 3.65. The fourth-order valence-corrected chi connectivity index (χ4v) is 2.21. The third kappa shape index (κ3) is 5.99. The van der Waals surface area contributed by atoms with Gasteiger partial charge in [-0.3, -0.25) is 0 Å². The van der Waals surface area contributed by atoms with Gasteiger partial charge in [-0.25, -0.2) is 4.79 Å². The Balaban J connectivity index is 1.70. The van der Waals surface area contributed by atoms with Crippen LogP contribution in [0.5, 0.6) is 5.75 Å². The summed E-state index contributed by atoms with van der Waals surface area (Å²) in [5.41, 5.74) is 0.996. The number of amides is 1. The van der Waals surface area contributed by atoms with Crippen LogP contribution in [-0.2, 0) is 16.0 Å². The normalized spacial score (nSPS) is 16.2. The molecule has 5 nitrogen and oxygen atoms in total. The highest BCUT2D eigenvalue weighted by atomic mass is 16.6. The standard InChI is InChI=1S/C19H25NO4/c1-3-4-13-23-17-7-5-15(6-8-17)14-20-19(21)24-18-11-9-16(22-2)10-12-18/h5-11,18H,3-4,12-14H2,1-2H3,(H,20,21). The minimum atomic E-state index is -0.429. The van der Waals surface area contributed by atoms with E-state index < -0.39 is 6.09 Å². The second-order valence-corrected chi connectivity index (χ2v) is 5.55. The molecule has 5 heteroatoms. The molecular formula is C19H25NO4. The maximum Gasteiger partial charge on any atom is 0.408 e. The van der Waals surface area contributed by atoms with Gasteiger partial charge in [0.25, 0.3) is 0 Å². The molecule has 0 fully saturated rings. The summed E-state index contributed by atoms with van der Waals surface area (Å²) >= 11 is 0. The first-order valence-electron chi connectivity index (χ1n) is 8.30. The summed E-state index contributed by atoms with van der Waals surface area (Å²) in [7, 11) is 1.62. The Labute approximate surface area is 143 Å². The van der Waals surface area contributed by atoms with E-state index in [9.17, 15) is 4.79 Å². The van der Waals surface area contributed by atoms with Gasteiger partial charge in [-0.05, 0) is 42.3 Å². The molecule has 1 atom stereocenters. The summed E-state index contributed by atoms with van der Waals surface area (Å²) in [6, 6.07) is 7.71. The molecule has 0 saturated heterocycles. The number of rotatable bonds is 8. The number of nitrogens with one attached hydrogen (secondary N) is 1. The number of allylic oxidation sites excluding steroid dienone is 1. The van der Waals surface area contributed by atoms with Crippen molar-refractivity contribution in [2.75, 3.05) is 13.7 Å². The van der Waals surface area contributed by atoms with Gasteiger partial charge in [-0.15, -0.1) is 0 Å². The maximum atomic E-state index is 11.8. The molecule has 0 radical (unpaired) electrons. The zero-order chi connectivity index (χ0) is 17.2. The summed E-state index contributed by atoms with van der Waals surface area (Å²) in [5, 5.41) is 2.76. The molecule has 0 saturated carbocycles. The van der Waals surface area contributed by atoms with Gasteiger partial charge in [0.1, 0.15) is 17.6 Å². The fourth-order valence-electron chi connectivity index (χ4n) is 2.21. The van der Waals surface area contributed by atoms with Crippen molar-refractivity contribution in [3.8, 4) is 5.75 Å². The average molecular weight is 331 g/mol. The van der Waals surface area contributed by atoms with Gasteiger partial charge in [0, 0.05) is 13.0 Å². The Bertz CT molecular complexity index is 578. The van der Waals surface area contributed by atoms with Crippen molar-refractivity contribution in [2.24, 2.45) is 0 Å². The smallest absolute Gasteiger partial charge is 0.408 e. The number of carbonyl (C=O) groups is 1. The quantitative estimate of drug-likeness (QED) is 0.733. The Kier molecular flexibility index (Phi) is 7.21. The SMILES string of the molecule is CCCCOc1ccc(CNC(=O)OC2C=CC(OC)=CC2)cc1. The molecule has 1 amide bonds. The average Bonchev–Trinajstić information content (AvgIpc) is 2.62. The molecule has 24 heavy (non-hydrogen) atoms. The predicted octanol–water partition coefficient (Wildman–Crippen LogP) is 3.95. The molecule has 1 N–H and O–H groups in total. The monoisotopic (exact) mass is 331 g/mol. The molecule has 0 heterocycles. The molecule has 130 valence electrons. The largest absolute Gasteiger partial charge is 0.497 e. The number of unbranched alkanes of at least 4 members (excludes halogenated alkanes) is 1. The zero-order valence-corrected chi connectivity index (χ0v) is 14.3. The van der Waals surface area contributed by atoms with Crippen molar-refractivity contribution in [3.63, 3.8) is 0 Å². The van der Waals surface area contributed by atoms with E-state index in [0.717, 1.165) is 36.5 Å². The first kappa shape index (κ1) is 17.9. The molecule has 1 aromatic rings.